The second-order valence-corrected chi connectivity index (χ2v) is 4.00. The molecule has 0 saturated heterocycles. The third-order valence-electron chi connectivity index (χ3n) is 2.86. The van der Waals surface area contributed by atoms with E-state index in [2.05, 4.69) is 5.16 Å². The molecule has 1 heterocycles. The smallest absolute Gasteiger partial charge is 0.178 e. The number of para-hydroxylation sites is 1. The number of fused-ring (bicyclic) bond motifs is 1. The van der Waals surface area contributed by atoms with Gasteiger partial charge in [-0.2, -0.15) is 0 Å². The summed E-state index contributed by atoms with van der Waals surface area (Å²) < 4.78 is 5.35. The molecule has 3 nitrogen and oxygen atoms in total. The largest absolute Gasteiger partial charge is 0.507 e. The molecular weight excluding hydrogens is 214 g/mol. The van der Waals surface area contributed by atoms with E-state index in [4.69, 9.17) is 4.52 Å². The number of aromatic hydroxyl groups is 1. The van der Waals surface area contributed by atoms with Crippen molar-refractivity contribution in [3.05, 3.63) is 48.0 Å². The Hall–Kier alpha value is -2.29. The van der Waals surface area contributed by atoms with Gasteiger partial charge in [-0.25, -0.2) is 0 Å². The first kappa shape index (κ1) is 9.90. The van der Waals surface area contributed by atoms with E-state index in [0.717, 1.165) is 16.5 Å². The topological polar surface area (TPSA) is 46.3 Å². The lowest BCUT2D eigenvalue weighted by molar-refractivity contribution is 0.433. The number of hydrogen-bond acceptors (Lipinski definition) is 3. The molecule has 17 heavy (non-hydrogen) atoms. The SMILES string of the molecule is Cc1cccc2c(-c3ccccc3O)onc12. The van der Waals surface area contributed by atoms with Crippen LogP contribution in [0.3, 0.4) is 0 Å². The summed E-state index contributed by atoms with van der Waals surface area (Å²) in [6, 6.07) is 13.0. The van der Waals surface area contributed by atoms with E-state index < -0.39 is 0 Å². The Balaban J connectivity index is 2.33. The Kier molecular flexibility index (Phi) is 2.11. The van der Waals surface area contributed by atoms with E-state index in [1.54, 1.807) is 12.1 Å². The molecule has 0 amide bonds. The highest BCUT2D eigenvalue weighted by Gasteiger charge is 2.14. The van der Waals surface area contributed by atoms with E-state index in [-0.39, 0.29) is 5.75 Å². The van der Waals surface area contributed by atoms with Gasteiger partial charge in [-0.15, -0.1) is 0 Å². The maximum atomic E-state index is 9.82. The standard InChI is InChI=1S/C14H11NO2/c1-9-5-4-7-11-13(9)15-17-14(11)10-6-2-3-8-12(10)16/h2-8,16H,1H3. The average Bonchev–Trinajstić information content (AvgIpc) is 2.75. The number of phenols is 1. The van der Waals surface area contributed by atoms with Crippen molar-refractivity contribution in [3.63, 3.8) is 0 Å². The maximum Gasteiger partial charge on any atom is 0.178 e. The van der Waals surface area contributed by atoms with E-state index in [9.17, 15) is 5.11 Å². The molecule has 0 atom stereocenters. The third kappa shape index (κ3) is 1.47. The molecule has 0 spiro atoms. The molecule has 0 radical (unpaired) electrons. The van der Waals surface area contributed by atoms with Gasteiger partial charge in [0.05, 0.1) is 10.9 Å². The molecule has 0 fully saturated rings. The van der Waals surface area contributed by atoms with Crippen LogP contribution in [0.2, 0.25) is 0 Å². The summed E-state index contributed by atoms with van der Waals surface area (Å²) in [6.07, 6.45) is 0. The summed E-state index contributed by atoms with van der Waals surface area (Å²) in [5.41, 5.74) is 2.57. The van der Waals surface area contributed by atoms with Gasteiger partial charge in [-0.3, -0.25) is 0 Å². The van der Waals surface area contributed by atoms with E-state index in [1.165, 1.54) is 0 Å². The van der Waals surface area contributed by atoms with Gasteiger partial charge in [-0.05, 0) is 30.7 Å². The Morgan fingerprint density at radius 1 is 1.06 bits per heavy atom. The first-order valence-electron chi connectivity index (χ1n) is 5.41. The van der Waals surface area contributed by atoms with Crippen LogP contribution in [-0.2, 0) is 0 Å². The number of hydrogen-bond donors (Lipinski definition) is 1. The fraction of sp³-hybridized carbons (Fsp3) is 0.0714. The summed E-state index contributed by atoms with van der Waals surface area (Å²) in [5, 5.41) is 14.8. The van der Waals surface area contributed by atoms with Crippen LogP contribution in [0.1, 0.15) is 5.56 Å². The van der Waals surface area contributed by atoms with Crippen LogP contribution < -0.4 is 0 Å². The summed E-state index contributed by atoms with van der Waals surface area (Å²) in [7, 11) is 0. The highest BCUT2D eigenvalue weighted by atomic mass is 16.5. The molecular formula is C14H11NO2. The fourth-order valence-electron chi connectivity index (χ4n) is 1.96. The molecule has 84 valence electrons. The molecule has 0 unspecified atom stereocenters. The van der Waals surface area contributed by atoms with Gasteiger partial charge in [0, 0.05) is 0 Å². The van der Waals surface area contributed by atoms with Crippen LogP contribution in [0.25, 0.3) is 22.2 Å². The zero-order valence-corrected chi connectivity index (χ0v) is 9.34. The Bertz CT molecular complexity index is 686. The first-order chi connectivity index (χ1) is 8.27. The van der Waals surface area contributed by atoms with Crippen LogP contribution in [0.5, 0.6) is 5.75 Å². The molecule has 0 aliphatic carbocycles. The van der Waals surface area contributed by atoms with E-state index >= 15 is 0 Å². The normalized spacial score (nSPS) is 10.9. The molecule has 1 aromatic heterocycles. The fourth-order valence-corrected chi connectivity index (χ4v) is 1.96. The predicted molar refractivity (Wildman–Crippen MR) is 65.8 cm³/mol. The van der Waals surface area contributed by atoms with Crippen molar-refractivity contribution in [2.75, 3.05) is 0 Å². The molecule has 3 rings (SSSR count). The van der Waals surface area contributed by atoms with Gasteiger partial charge in [0.1, 0.15) is 11.3 Å². The molecule has 0 aliphatic heterocycles. The molecule has 2 aromatic carbocycles. The van der Waals surface area contributed by atoms with Crippen molar-refractivity contribution in [1.29, 1.82) is 0 Å². The van der Waals surface area contributed by atoms with Crippen LogP contribution >= 0.6 is 0 Å². The quantitative estimate of drug-likeness (QED) is 0.689. The first-order valence-corrected chi connectivity index (χ1v) is 5.41. The average molecular weight is 225 g/mol. The zero-order chi connectivity index (χ0) is 11.8. The van der Waals surface area contributed by atoms with Gasteiger partial charge in [0.2, 0.25) is 0 Å². The molecule has 3 heteroatoms. The second-order valence-electron chi connectivity index (χ2n) is 4.00. The molecule has 1 N–H and O–H groups in total. The maximum absolute atomic E-state index is 9.82. The van der Waals surface area contributed by atoms with Crippen molar-refractivity contribution < 1.29 is 9.63 Å². The predicted octanol–water partition coefficient (Wildman–Crippen LogP) is 3.51. The van der Waals surface area contributed by atoms with Gasteiger partial charge in [0.25, 0.3) is 0 Å². The molecule has 3 aromatic rings. The highest BCUT2D eigenvalue weighted by molar-refractivity contribution is 5.94. The number of phenolic OH excluding ortho intramolecular Hbond substituents is 1. The lowest BCUT2D eigenvalue weighted by atomic mass is 10.1. The number of aryl methyl sites for hydroxylation is 1. The number of rotatable bonds is 1. The van der Waals surface area contributed by atoms with Crippen LogP contribution in [0.4, 0.5) is 0 Å². The number of aromatic nitrogens is 1. The van der Waals surface area contributed by atoms with Gasteiger partial charge < -0.3 is 9.63 Å². The van der Waals surface area contributed by atoms with Crippen LogP contribution in [0.15, 0.2) is 47.0 Å². The number of benzene rings is 2. The Morgan fingerprint density at radius 2 is 1.88 bits per heavy atom. The monoisotopic (exact) mass is 225 g/mol. The van der Waals surface area contributed by atoms with Gasteiger partial charge >= 0.3 is 0 Å². The molecule has 0 bridgehead atoms. The second kappa shape index (κ2) is 3.63. The summed E-state index contributed by atoms with van der Waals surface area (Å²) >= 11 is 0. The minimum atomic E-state index is 0.201. The lowest BCUT2D eigenvalue weighted by Crippen LogP contribution is -1.77. The van der Waals surface area contributed by atoms with Crippen molar-refractivity contribution in [2.45, 2.75) is 6.92 Å². The third-order valence-corrected chi connectivity index (χ3v) is 2.86. The summed E-state index contributed by atoms with van der Waals surface area (Å²) in [5.74, 6) is 0.814. The van der Waals surface area contributed by atoms with Gasteiger partial charge in [-0.1, -0.05) is 29.4 Å². The van der Waals surface area contributed by atoms with Crippen molar-refractivity contribution >= 4 is 10.9 Å². The van der Waals surface area contributed by atoms with E-state index in [0.29, 0.717) is 11.3 Å². The van der Waals surface area contributed by atoms with Crippen molar-refractivity contribution in [2.24, 2.45) is 0 Å². The zero-order valence-electron chi connectivity index (χ0n) is 9.34. The summed E-state index contributed by atoms with van der Waals surface area (Å²) in [4.78, 5) is 0. The highest BCUT2D eigenvalue weighted by Crippen LogP contribution is 2.34. The lowest BCUT2D eigenvalue weighted by Gasteiger charge is -1.99. The molecule has 0 saturated carbocycles. The molecule has 0 aliphatic rings. The van der Waals surface area contributed by atoms with Gasteiger partial charge in [0.15, 0.2) is 5.76 Å². The minimum Gasteiger partial charge on any atom is -0.507 e. The minimum absolute atomic E-state index is 0.201. The van der Waals surface area contributed by atoms with Crippen molar-refractivity contribution in [1.82, 2.24) is 5.16 Å². The summed E-state index contributed by atoms with van der Waals surface area (Å²) in [6.45, 7) is 1.99. The van der Waals surface area contributed by atoms with Crippen LogP contribution in [-0.4, -0.2) is 10.3 Å². The Morgan fingerprint density at radius 3 is 2.71 bits per heavy atom. The van der Waals surface area contributed by atoms with Crippen LogP contribution in [0, 0.1) is 6.92 Å². The Labute approximate surface area is 98.3 Å². The van der Waals surface area contributed by atoms with Crippen molar-refractivity contribution in [3.8, 4) is 17.1 Å². The number of nitrogens with zero attached hydrogens (tertiary/aromatic N) is 1. The van der Waals surface area contributed by atoms with E-state index in [1.807, 2.05) is 37.3 Å².